The van der Waals surface area contributed by atoms with Gasteiger partial charge in [-0.2, -0.15) is 0 Å². The summed E-state index contributed by atoms with van der Waals surface area (Å²) >= 11 is 6.10. The van der Waals surface area contributed by atoms with Crippen LogP contribution in [0.15, 0.2) is 18.2 Å². The first-order valence-electron chi connectivity index (χ1n) is 6.36. The minimum absolute atomic E-state index is 0.144. The predicted molar refractivity (Wildman–Crippen MR) is 78.6 cm³/mol. The van der Waals surface area contributed by atoms with E-state index in [9.17, 15) is 0 Å². The first-order valence-corrected chi connectivity index (χ1v) is 6.74. The highest BCUT2D eigenvalue weighted by atomic mass is 35.5. The van der Waals surface area contributed by atoms with E-state index < -0.39 is 0 Å². The number of hydrogen-bond donors (Lipinski definition) is 1. The summed E-state index contributed by atoms with van der Waals surface area (Å²) in [5.74, 6) is 0. The number of likely N-dealkylation sites (N-methyl/N-ethyl adjacent to an activating group) is 1. The molecule has 0 spiro atoms. The quantitative estimate of drug-likeness (QED) is 0.828. The van der Waals surface area contributed by atoms with E-state index in [1.807, 2.05) is 19.1 Å². The smallest absolute Gasteiger partial charge is 0.0637 e. The molecule has 1 aromatic carbocycles. The number of nitrogens with two attached hydrogens (primary N) is 1. The van der Waals surface area contributed by atoms with Crippen LogP contribution in [-0.4, -0.2) is 32.8 Å². The molecule has 2 N–H and O–H groups in total. The van der Waals surface area contributed by atoms with Crippen molar-refractivity contribution in [3.8, 4) is 0 Å². The highest BCUT2D eigenvalue weighted by Crippen LogP contribution is 2.25. The molecule has 3 nitrogen and oxygen atoms in total. The standard InChI is InChI=1S/C14H23ClN2O/c1-4-17(7-8-18-3)14-10-13(15)6-5-12(14)9-11(2)16/h5-6,10-11H,4,7-9,16H2,1-3H3. The predicted octanol–water partition coefficient (Wildman–Crippen LogP) is 2.70. The zero-order chi connectivity index (χ0) is 13.5. The highest BCUT2D eigenvalue weighted by molar-refractivity contribution is 6.30. The van der Waals surface area contributed by atoms with Crippen molar-refractivity contribution in [3.63, 3.8) is 0 Å². The molecule has 1 atom stereocenters. The van der Waals surface area contributed by atoms with Gasteiger partial charge in [-0.25, -0.2) is 0 Å². The lowest BCUT2D eigenvalue weighted by Crippen LogP contribution is -2.29. The van der Waals surface area contributed by atoms with E-state index in [1.165, 1.54) is 11.3 Å². The van der Waals surface area contributed by atoms with Gasteiger partial charge in [0.25, 0.3) is 0 Å². The molecule has 0 aliphatic heterocycles. The number of anilines is 1. The van der Waals surface area contributed by atoms with Gasteiger partial charge in [0.15, 0.2) is 0 Å². The third-order valence-electron chi connectivity index (χ3n) is 2.88. The van der Waals surface area contributed by atoms with Gasteiger partial charge in [-0.05, 0) is 38.0 Å². The van der Waals surface area contributed by atoms with Gasteiger partial charge in [0.1, 0.15) is 0 Å². The summed E-state index contributed by atoms with van der Waals surface area (Å²) in [5, 5.41) is 0.759. The fraction of sp³-hybridized carbons (Fsp3) is 0.571. The molecule has 0 radical (unpaired) electrons. The van der Waals surface area contributed by atoms with Crippen molar-refractivity contribution in [2.45, 2.75) is 26.3 Å². The van der Waals surface area contributed by atoms with Gasteiger partial charge < -0.3 is 15.4 Å². The summed E-state index contributed by atoms with van der Waals surface area (Å²) in [7, 11) is 1.72. The maximum Gasteiger partial charge on any atom is 0.0637 e. The van der Waals surface area contributed by atoms with Crippen LogP contribution in [0.1, 0.15) is 19.4 Å². The molecule has 0 saturated carbocycles. The van der Waals surface area contributed by atoms with Gasteiger partial charge in [-0.3, -0.25) is 0 Å². The van der Waals surface area contributed by atoms with E-state index in [0.717, 1.165) is 24.5 Å². The largest absolute Gasteiger partial charge is 0.383 e. The van der Waals surface area contributed by atoms with Crippen molar-refractivity contribution >= 4 is 17.3 Å². The number of hydrogen-bond acceptors (Lipinski definition) is 3. The van der Waals surface area contributed by atoms with Gasteiger partial charge in [0.05, 0.1) is 6.61 Å². The van der Waals surface area contributed by atoms with E-state index in [2.05, 4.69) is 17.9 Å². The van der Waals surface area contributed by atoms with Crippen LogP contribution >= 0.6 is 11.6 Å². The lowest BCUT2D eigenvalue weighted by Gasteiger charge is -2.26. The summed E-state index contributed by atoms with van der Waals surface area (Å²) in [6.45, 7) is 6.64. The van der Waals surface area contributed by atoms with Crippen LogP contribution in [0.4, 0.5) is 5.69 Å². The van der Waals surface area contributed by atoms with E-state index in [1.54, 1.807) is 7.11 Å². The molecule has 1 aromatic rings. The molecule has 0 bridgehead atoms. The molecule has 0 aliphatic rings. The SMILES string of the molecule is CCN(CCOC)c1cc(Cl)ccc1CC(C)N. The van der Waals surface area contributed by atoms with Gasteiger partial charge in [0, 0.05) is 37.0 Å². The van der Waals surface area contributed by atoms with Crippen molar-refractivity contribution in [2.75, 3.05) is 31.7 Å². The molecule has 0 amide bonds. The Morgan fingerprint density at radius 1 is 1.44 bits per heavy atom. The third kappa shape index (κ3) is 4.48. The summed E-state index contributed by atoms with van der Waals surface area (Å²) < 4.78 is 5.15. The van der Waals surface area contributed by atoms with Crippen molar-refractivity contribution in [1.29, 1.82) is 0 Å². The molecule has 18 heavy (non-hydrogen) atoms. The van der Waals surface area contributed by atoms with Crippen molar-refractivity contribution < 1.29 is 4.74 Å². The Morgan fingerprint density at radius 2 is 2.17 bits per heavy atom. The Bertz CT molecular complexity index is 369. The molecule has 1 unspecified atom stereocenters. The molecule has 0 aliphatic carbocycles. The zero-order valence-electron chi connectivity index (χ0n) is 11.4. The molecule has 0 fully saturated rings. The highest BCUT2D eigenvalue weighted by Gasteiger charge is 2.11. The van der Waals surface area contributed by atoms with Crippen LogP contribution < -0.4 is 10.6 Å². The second kappa shape index (κ2) is 7.62. The Labute approximate surface area is 115 Å². The topological polar surface area (TPSA) is 38.5 Å². The number of ether oxygens (including phenoxy) is 1. The Balaban J connectivity index is 2.97. The second-order valence-electron chi connectivity index (χ2n) is 4.53. The first kappa shape index (κ1) is 15.3. The lowest BCUT2D eigenvalue weighted by molar-refractivity contribution is 0.205. The summed E-state index contributed by atoms with van der Waals surface area (Å²) in [6.07, 6.45) is 0.857. The van der Waals surface area contributed by atoms with Gasteiger partial charge in [0.2, 0.25) is 0 Å². The van der Waals surface area contributed by atoms with Gasteiger partial charge in [-0.15, -0.1) is 0 Å². The van der Waals surface area contributed by atoms with Crippen LogP contribution in [0.25, 0.3) is 0 Å². The van der Waals surface area contributed by atoms with Crippen molar-refractivity contribution in [2.24, 2.45) is 5.73 Å². The molecular weight excluding hydrogens is 248 g/mol. The van der Waals surface area contributed by atoms with Gasteiger partial charge in [-0.1, -0.05) is 17.7 Å². The monoisotopic (exact) mass is 270 g/mol. The molecule has 1 rings (SSSR count). The van der Waals surface area contributed by atoms with Crippen molar-refractivity contribution in [1.82, 2.24) is 0 Å². The number of nitrogens with zero attached hydrogens (tertiary/aromatic N) is 1. The number of methoxy groups -OCH3 is 1. The van der Waals surface area contributed by atoms with Crippen LogP contribution in [-0.2, 0) is 11.2 Å². The average Bonchev–Trinajstić information content (AvgIpc) is 2.33. The minimum atomic E-state index is 0.144. The maximum absolute atomic E-state index is 6.10. The molecule has 0 heterocycles. The average molecular weight is 271 g/mol. The number of benzene rings is 1. The lowest BCUT2D eigenvalue weighted by atomic mass is 10.0. The second-order valence-corrected chi connectivity index (χ2v) is 4.96. The first-order chi connectivity index (χ1) is 8.58. The number of rotatable bonds is 7. The Kier molecular flexibility index (Phi) is 6.47. The van der Waals surface area contributed by atoms with Gasteiger partial charge >= 0.3 is 0 Å². The van der Waals surface area contributed by atoms with E-state index in [4.69, 9.17) is 22.1 Å². The molecule has 4 heteroatoms. The molecular formula is C14H23ClN2O. The van der Waals surface area contributed by atoms with E-state index in [-0.39, 0.29) is 6.04 Å². The minimum Gasteiger partial charge on any atom is -0.383 e. The normalized spacial score (nSPS) is 12.5. The van der Waals surface area contributed by atoms with E-state index in [0.29, 0.717) is 6.61 Å². The Hall–Kier alpha value is -0.770. The van der Waals surface area contributed by atoms with Crippen molar-refractivity contribution in [3.05, 3.63) is 28.8 Å². The van der Waals surface area contributed by atoms with Crippen LogP contribution in [0.2, 0.25) is 5.02 Å². The molecule has 0 saturated heterocycles. The zero-order valence-corrected chi connectivity index (χ0v) is 12.2. The Morgan fingerprint density at radius 3 is 2.72 bits per heavy atom. The van der Waals surface area contributed by atoms with Crippen LogP contribution in [0.3, 0.4) is 0 Å². The fourth-order valence-electron chi connectivity index (χ4n) is 2.00. The fourth-order valence-corrected chi connectivity index (χ4v) is 2.17. The third-order valence-corrected chi connectivity index (χ3v) is 3.11. The summed E-state index contributed by atoms with van der Waals surface area (Å²) in [6, 6.07) is 6.15. The molecule has 102 valence electrons. The van der Waals surface area contributed by atoms with Crippen LogP contribution in [0.5, 0.6) is 0 Å². The summed E-state index contributed by atoms with van der Waals surface area (Å²) in [4.78, 5) is 2.27. The maximum atomic E-state index is 6.10. The summed E-state index contributed by atoms with van der Waals surface area (Å²) in [5.41, 5.74) is 8.31. The number of halogens is 1. The van der Waals surface area contributed by atoms with E-state index >= 15 is 0 Å². The molecule has 0 aromatic heterocycles. The van der Waals surface area contributed by atoms with Crippen LogP contribution in [0, 0.1) is 0 Å².